The summed E-state index contributed by atoms with van der Waals surface area (Å²) >= 11 is 2.98. The van der Waals surface area contributed by atoms with Gasteiger partial charge in [-0.2, -0.15) is 0 Å². The van der Waals surface area contributed by atoms with E-state index in [2.05, 4.69) is 15.9 Å². The number of likely N-dealkylation sites (tertiary alicyclic amines) is 1. The Morgan fingerprint density at radius 1 is 1.48 bits per heavy atom. The molecule has 1 heterocycles. The van der Waals surface area contributed by atoms with Crippen LogP contribution in [0.15, 0.2) is 16.6 Å². The maximum Gasteiger partial charge on any atom is 0.306 e. The van der Waals surface area contributed by atoms with Crippen LogP contribution in [0.4, 0.5) is 10.1 Å². The van der Waals surface area contributed by atoms with E-state index in [4.69, 9.17) is 5.11 Å². The maximum atomic E-state index is 13.6. The number of piperidine rings is 1. The lowest BCUT2D eigenvalue weighted by Gasteiger charge is -2.35. The lowest BCUT2D eigenvalue weighted by Crippen LogP contribution is -2.45. The Bertz CT molecular complexity index is 681. The number of aliphatic carboxylic acids is 1. The highest BCUT2D eigenvalue weighted by Gasteiger charge is 2.34. The van der Waals surface area contributed by atoms with Gasteiger partial charge in [0.25, 0.3) is 11.6 Å². The van der Waals surface area contributed by atoms with E-state index in [0.717, 1.165) is 12.1 Å². The quantitative estimate of drug-likeness (QED) is 0.633. The number of amides is 1. The molecule has 0 radical (unpaired) electrons. The van der Waals surface area contributed by atoms with Gasteiger partial charge in [0.2, 0.25) is 0 Å². The molecular formula is C14H14BrFN2O5. The van der Waals surface area contributed by atoms with E-state index in [1.54, 1.807) is 6.92 Å². The van der Waals surface area contributed by atoms with Crippen molar-refractivity contribution in [3.05, 3.63) is 38.1 Å². The van der Waals surface area contributed by atoms with E-state index < -0.39 is 34.2 Å². The first-order chi connectivity index (χ1) is 10.7. The van der Waals surface area contributed by atoms with Gasteiger partial charge in [-0.1, -0.05) is 6.92 Å². The molecule has 1 aromatic rings. The van der Waals surface area contributed by atoms with E-state index in [-0.39, 0.29) is 35.5 Å². The van der Waals surface area contributed by atoms with Gasteiger partial charge in [-0.15, -0.1) is 0 Å². The Morgan fingerprint density at radius 2 is 2.13 bits per heavy atom. The van der Waals surface area contributed by atoms with Gasteiger partial charge in [0.05, 0.1) is 22.5 Å². The van der Waals surface area contributed by atoms with E-state index in [9.17, 15) is 24.1 Å². The molecule has 2 atom stereocenters. The van der Waals surface area contributed by atoms with Crippen LogP contribution in [0.5, 0.6) is 0 Å². The minimum atomic E-state index is -0.910. The van der Waals surface area contributed by atoms with Crippen LogP contribution < -0.4 is 0 Å². The molecule has 1 aromatic carbocycles. The van der Waals surface area contributed by atoms with E-state index >= 15 is 0 Å². The van der Waals surface area contributed by atoms with E-state index in [1.807, 2.05) is 0 Å². The first kappa shape index (κ1) is 17.3. The predicted molar refractivity (Wildman–Crippen MR) is 81.6 cm³/mol. The fourth-order valence-corrected chi connectivity index (χ4v) is 3.27. The molecule has 0 spiro atoms. The van der Waals surface area contributed by atoms with Crippen LogP contribution in [0.2, 0.25) is 0 Å². The number of carbonyl (C=O) groups is 2. The summed E-state index contributed by atoms with van der Waals surface area (Å²) in [4.78, 5) is 35.2. The van der Waals surface area contributed by atoms with Crippen LogP contribution in [0.3, 0.4) is 0 Å². The Morgan fingerprint density at radius 3 is 2.65 bits per heavy atom. The number of hydrogen-bond acceptors (Lipinski definition) is 4. The number of halogens is 2. The fourth-order valence-electron chi connectivity index (χ4n) is 2.73. The van der Waals surface area contributed by atoms with Crippen LogP contribution in [0.25, 0.3) is 0 Å². The van der Waals surface area contributed by atoms with Crippen molar-refractivity contribution < 1.29 is 24.0 Å². The fraction of sp³-hybridized carbons (Fsp3) is 0.429. The van der Waals surface area contributed by atoms with Crippen LogP contribution in [0.1, 0.15) is 23.7 Å². The summed E-state index contributed by atoms with van der Waals surface area (Å²) in [6.45, 7) is 2.13. The van der Waals surface area contributed by atoms with E-state index in [1.165, 1.54) is 4.90 Å². The molecule has 9 heteroatoms. The lowest BCUT2D eigenvalue weighted by molar-refractivity contribution is -0.385. The molecule has 1 N–H and O–H groups in total. The number of carbonyl (C=O) groups excluding carboxylic acids is 1. The minimum absolute atomic E-state index is 0.0816. The maximum absolute atomic E-state index is 13.6. The second-order valence-electron chi connectivity index (χ2n) is 5.51. The lowest BCUT2D eigenvalue weighted by atomic mass is 9.87. The van der Waals surface area contributed by atoms with Crippen molar-refractivity contribution in [3.63, 3.8) is 0 Å². The summed E-state index contributed by atoms with van der Waals surface area (Å²) in [5.41, 5.74) is -0.667. The Balaban J connectivity index is 2.28. The van der Waals surface area contributed by atoms with Gasteiger partial charge in [0, 0.05) is 13.1 Å². The summed E-state index contributed by atoms with van der Waals surface area (Å²) < 4.78 is 13.5. The summed E-state index contributed by atoms with van der Waals surface area (Å²) in [7, 11) is 0. The second kappa shape index (κ2) is 6.61. The summed E-state index contributed by atoms with van der Waals surface area (Å²) in [6.07, 6.45) is 0.289. The molecule has 1 amide bonds. The SMILES string of the molecule is CC1CN(C(=O)c2cc(F)cc([N+](=O)[O-])c2Br)CCC1C(=O)O. The summed E-state index contributed by atoms with van der Waals surface area (Å²) in [6, 6.07) is 1.67. The zero-order chi connectivity index (χ0) is 17.3. The number of rotatable bonds is 3. The zero-order valence-corrected chi connectivity index (χ0v) is 13.7. The molecule has 2 unspecified atom stereocenters. The van der Waals surface area contributed by atoms with Crippen LogP contribution in [-0.2, 0) is 4.79 Å². The molecule has 2 rings (SSSR count). The molecule has 0 aromatic heterocycles. The molecule has 23 heavy (non-hydrogen) atoms. The highest BCUT2D eigenvalue weighted by molar-refractivity contribution is 9.10. The summed E-state index contributed by atoms with van der Waals surface area (Å²) in [5.74, 6) is -3.14. The first-order valence-electron chi connectivity index (χ1n) is 6.88. The molecule has 0 bridgehead atoms. The molecule has 1 aliphatic heterocycles. The molecule has 0 aliphatic carbocycles. The van der Waals surface area contributed by atoms with Crippen molar-refractivity contribution in [2.45, 2.75) is 13.3 Å². The van der Waals surface area contributed by atoms with Crippen molar-refractivity contribution in [1.29, 1.82) is 0 Å². The highest BCUT2D eigenvalue weighted by Crippen LogP contribution is 2.32. The minimum Gasteiger partial charge on any atom is -0.481 e. The van der Waals surface area contributed by atoms with Crippen molar-refractivity contribution >= 4 is 33.5 Å². The predicted octanol–water partition coefficient (Wildman–Crippen LogP) is 2.68. The topological polar surface area (TPSA) is 101 Å². The van der Waals surface area contributed by atoms with Crippen LogP contribution in [0, 0.1) is 27.8 Å². The molecule has 0 saturated carbocycles. The monoisotopic (exact) mass is 388 g/mol. The van der Waals surface area contributed by atoms with Crippen molar-refractivity contribution in [1.82, 2.24) is 4.90 Å². The third-order valence-corrected chi connectivity index (χ3v) is 4.79. The van der Waals surface area contributed by atoms with Gasteiger partial charge in [-0.25, -0.2) is 4.39 Å². The third kappa shape index (κ3) is 3.49. The second-order valence-corrected chi connectivity index (χ2v) is 6.30. The zero-order valence-electron chi connectivity index (χ0n) is 12.2. The number of nitro groups is 1. The number of nitrogens with zero attached hydrogens (tertiary/aromatic N) is 2. The Hall–Kier alpha value is -2.03. The normalized spacial score (nSPS) is 21.1. The van der Waals surface area contributed by atoms with Crippen molar-refractivity contribution in [2.24, 2.45) is 11.8 Å². The number of carboxylic acids is 1. The first-order valence-corrected chi connectivity index (χ1v) is 7.67. The number of hydrogen-bond donors (Lipinski definition) is 1. The number of nitro benzene ring substituents is 1. The van der Waals surface area contributed by atoms with Gasteiger partial charge in [-0.3, -0.25) is 19.7 Å². The van der Waals surface area contributed by atoms with Gasteiger partial charge in [0.15, 0.2) is 0 Å². The van der Waals surface area contributed by atoms with Gasteiger partial charge in [-0.05, 0) is 34.3 Å². The molecule has 1 saturated heterocycles. The van der Waals surface area contributed by atoms with Crippen molar-refractivity contribution in [3.8, 4) is 0 Å². The largest absolute Gasteiger partial charge is 0.481 e. The molecule has 1 aliphatic rings. The number of benzene rings is 1. The molecule has 1 fully saturated rings. The van der Waals surface area contributed by atoms with Gasteiger partial charge in [0.1, 0.15) is 10.3 Å². The van der Waals surface area contributed by atoms with Gasteiger partial charge >= 0.3 is 5.97 Å². The van der Waals surface area contributed by atoms with Crippen molar-refractivity contribution in [2.75, 3.05) is 13.1 Å². The summed E-state index contributed by atoms with van der Waals surface area (Å²) in [5, 5.41) is 20.0. The average molecular weight is 389 g/mol. The Labute approximate surface area is 139 Å². The standard InChI is InChI=1S/C14H14BrFN2O5/c1-7-6-17(3-2-9(7)14(20)21)13(19)10-4-8(16)5-11(12(10)15)18(22)23/h4-5,7,9H,2-3,6H2,1H3,(H,20,21). The number of carboxylic acid groups (broad SMARTS) is 1. The third-order valence-electron chi connectivity index (χ3n) is 3.95. The molecule has 7 nitrogen and oxygen atoms in total. The van der Waals surface area contributed by atoms with Crippen LogP contribution >= 0.6 is 15.9 Å². The van der Waals surface area contributed by atoms with Gasteiger partial charge < -0.3 is 10.0 Å². The molecule has 124 valence electrons. The molecular weight excluding hydrogens is 375 g/mol. The Kier molecular flexibility index (Phi) is 4.98. The smallest absolute Gasteiger partial charge is 0.306 e. The average Bonchev–Trinajstić information content (AvgIpc) is 2.47. The van der Waals surface area contributed by atoms with E-state index in [0.29, 0.717) is 0 Å². The highest BCUT2D eigenvalue weighted by atomic mass is 79.9. The van der Waals surface area contributed by atoms with Crippen LogP contribution in [-0.4, -0.2) is 39.9 Å².